The van der Waals surface area contributed by atoms with E-state index in [1.807, 2.05) is 6.07 Å². The summed E-state index contributed by atoms with van der Waals surface area (Å²) in [6, 6.07) is 55.5. The Hall–Kier alpha value is -6.43. The Bertz CT molecular complexity index is 2930. The van der Waals surface area contributed by atoms with Crippen LogP contribution < -0.4 is 4.90 Å². The zero-order valence-electron chi connectivity index (χ0n) is 26.6. The van der Waals surface area contributed by atoms with Gasteiger partial charge in [-0.05, 0) is 83.6 Å². The van der Waals surface area contributed by atoms with E-state index >= 15 is 0 Å². The van der Waals surface area contributed by atoms with E-state index < -0.39 is 0 Å². The molecule has 0 fully saturated rings. The molecule has 0 aliphatic carbocycles. The Morgan fingerprint density at radius 2 is 0.960 bits per heavy atom. The van der Waals surface area contributed by atoms with Gasteiger partial charge in [-0.1, -0.05) is 72.8 Å². The molecule has 0 atom stereocenters. The van der Waals surface area contributed by atoms with E-state index in [4.69, 9.17) is 13.8 Å². The Labute approximate surface area is 290 Å². The smallest absolute Gasteiger partial charge is 0.143 e. The average molecular weight is 659 g/mol. The predicted molar refractivity (Wildman–Crippen MR) is 209 cm³/mol. The summed E-state index contributed by atoms with van der Waals surface area (Å²) in [6.07, 6.45) is 0. The third-order valence-electron chi connectivity index (χ3n) is 9.88. The first-order valence-corrected chi connectivity index (χ1v) is 17.5. The average Bonchev–Trinajstić information content (AvgIpc) is 3.88. The lowest BCUT2D eigenvalue weighted by atomic mass is 10.0. The molecule has 0 aliphatic heterocycles. The minimum atomic E-state index is 0.848. The summed E-state index contributed by atoms with van der Waals surface area (Å²) >= 11 is 1.72. The number of rotatable bonds is 4. The molecule has 3 heterocycles. The molecule has 0 unspecified atom stereocenters. The third kappa shape index (κ3) is 4.14. The van der Waals surface area contributed by atoms with Crippen molar-refractivity contribution in [3.8, 4) is 10.6 Å². The topological polar surface area (TPSA) is 42.4 Å². The van der Waals surface area contributed by atoms with Gasteiger partial charge in [-0.25, -0.2) is 4.98 Å². The third-order valence-corrected chi connectivity index (χ3v) is 11.0. The Kier molecular flexibility index (Phi) is 5.80. The number of thiazole rings is 1. The van der Waals surface area contributed by atoms with Crippen molar-refractivity contribution in [2.24, 2.45) is 0 Å². The van der Waals surface area contributed by atoms with Crippen LogP contribution in [0, 0.1) is 0 Å². The molecule has 0 aliphatic rings. The second-order valence-electron chi connectivity index (χ2n) is 12.8. The van der Waals surface area contributed by atoms with Gasteiger partial charge in [-0.3, -0.25) is 0 Å². The van der Waals surface area contributed by atoms with Crippen molar-refractivity contribution in [3.63, 3.8) is 0 Å². The zero-order valence-corrected chi connectivity index (χ0v) is 27.4. The van der Waals surface area contributed by atoms with E-state index in [0.717, 1.165) is 87.8 Å². The number of anilines is 3. The number of nitrogens with zero attached hydrogens (tertiary/aromatic N) is 2. The normalized spacial score (nSPS) is 12.0. The first-order chi connectivity index (χ1) is 24.7. The summed E-state index contributed by atoms with van der Waals surface area (Å²) in [7, 11) is 0. The van der Waals surface area contributed by atoms with Crippen LogP contribution in [0.3, 0.4) is 0 Å². The summed E-state index contributed by atoms with van der Waals surface area (Å²) in [4.78, 5) is 7.18. The summed E-state index contributed by atoms with van der Waals surface area (Å²) in [5.41, 5.74) is 8.66. The number of para-hydroxylation sites is 1. The molecule has 0 saturated heterocycles. The molecule has 11 aromatic rings. The maximum atomic E-state index is 6.63. The monoisotopic (exact) mass is 658 g/mol. The van der Waals surface area contributed by atoms with Crippen molar-refractivity contribution in [1.29, 1.82) is 0 Å². The number of aromatic nitrogens is 1. The molecule has 4 nitrogen and oxygen atoms in total. The highest BCUT2D eigenvalue weighted by Gasteiger charge is 2.19. The van der Waals surface area contributed by atoms with Gasteiger partial charge >= 0.3 is 0 Å². The van der Waals surface area contributed by atoms with Crippen molar-refractivity contribution >= 4 is 104 Å². The second kappa shape index (κ2) is 10.5. The fraction of sp³-hybridized carbons (Fsp3) is 0. The number of hydrogen-bond acceptors (Lipinski definition) is 5. The van der Waals surface area contributed by atoms with Crippen molar-refractivity contribution in [2.75, 3.05) is 4.90 Å². The maximum absolute atomic E-state index is 6.63. The highest BCUT2D eigenvalue weighted by atomic mass is 32.1. The van der Waals surface area contributed by atoms with Gasteiger partial charge in [0.25, 0.3) is 0 Å². The van der Waals surface area contributed by atoms with E-state index in [1.54, 1.807) is 11.3 Å². The van der Waals surface area contributed by atoms with Crippen molar-refractivity contribution in [2.45, 2.75) is 0 Å². The van der Waals surface area contributed by atoms with Crippen LogP contribution in [0.1, 0.15) is 0 Å². The van der Waals surface area contributed by atoms with E-state index in [2.05, 4.69) is 157 Å². The fourth-order valence-electron chi connectivity index (χ4n) is 7.46. The van der Waals surface area contributed by atoms with Crippen LogP contribution in [0.4, 0.5) is 17.1 Å². The minimum Gasteiger partial charge on any atom is -0.455 e. The lowest BCUT2D eigenvalue weighted by molar-refractivity contribution is 0.672. The van der Waals surface area contributed by atoms with Gasteiger partial charge in [-0.15, -0.1) is 11.3 Å². The fourth-order valence-corrected chi connectivity index (χ4v) is 8.43. The number of benzene rings is 8. The summed E-state index contributed by atoms with van der Waals surface area (Å²) in [5, 5.41) is 10.0. The lowest BCUT2D eigenvalue weighted by Crippen LogP contribution is -2.09. The number of fused-ring (bicyclic) bond motifs is 11. The van der Waals surface area contributed by atoms with E-state index in [0.29, 0.717) is 0 Å². The van der Waals surface area contributed by atoms with Crippen molar-refractivity contribution in [3.05, 3.63) is 158 Å². The zero-order chi connectivity index (χ0) is 32.8. The molecule has 0 N–H and O–H groups in total. The molecule has 0 radical (unpaired) electrons. The molecule has 11 rings (SSSR count). The summed E-state index contributed by atoms with van der Waals surface area (Å²) < 4.78 is 14.5. The Morgan fingerprint density at radius 3 is 1.56 bits per heavy atom. The molecular formula is C45H26N2O2S. The lowest BCUT2D eigenvalue weighted by Gasteiger charge is -2.25. The second-order valence-corrected chi connectivity index (χ2v) is 13.8. The van der Waals surface area contributed by atoms with Crippen LogP contribution in [-0.2, 0) is 0 Å². The molecule has 8 aromatic carbocycles. The van der Waals surface area contributed by atoms with Gasteiger partial charge in [0.05, 0.1) is 10.2 Å². The van der Waals surface area contributed by atoms with Gasteiger partial charge in [-0.2, -0.15) is 0 Å². The predicted octanol–water partition coefficient (Wildman–Crippen LogP) is 13.5. The van der Waals surface area contributed by atoms with Crippen molar-refractivity contribution < 1.29 is 8.83 Å². The number of hydrogen-bond donors (Lipinski definition) is 0. The van der Waals surface area contributed by atoms with Crippen LogP contribution in [-0.4, -0.2) is 4.98 Å². The van der Waals surface area contributed by atoms with Gasteiger partial charge in [0, 0.05) is 67.1 Å². The van der Waals surface area contributed by atoms with E-state index in [1.165, 1.54) is 15.5 Å². The quantitative estimate of drug-likeness (QED) is 0.189. The van der Waals surface area contributed by atoms with Gasteiger partial charge in [0.2, 0.25) is 0 Å². The van der Waals surface area contributed by atoms with Gasteiger partial charge < -0.3 is 13.7 Å². The SMILES string of the molecule is c1ccc2c(c1)ccc1c3ccc(N(c4ccc(-c5nc6ccccc6s5)cc4)c4ccc5c(c4)oc4c6ccccc6ccc54)cc3oc21. The van der Waals surface area contributed by atoms with E-state index in [9.17, 15) is 0 Å². The van der Waals surface area contributed by atoms with Crippen molar-refractivity contribution in [1.82, 2.24) is 4.98 Å². The number of furan rings is 2. The van der Waals surface area contributed by atoms with Crippen LogP contribution in [0.5, 0.6) is 0 Å². The standard InChI is InChI=1S/C45H26N2O2S/c1-3-9-33-27(7-1)15-21-37-35-23-19-31(25-40(35)48-43(33)37)47(30-17-13-29(14-18-30)45-46-39-11-5-6-12-42(39)50-45)32-20-24-36-38-22-16-28-8-2-4-10-34(28)44(38)49-41(36)26-32/h1-26H. The molecule has 5 heteroatoms. The minimum absolute atomic E-state index is 0.848. The first kappa shape index (κ1) is 27.5. The summed E-state index contributed by atoms with van der Waals surface area (Å²) in [5.74, 6) is 0. The molecule has 234 valence electrons. The Balaban J connectivity index is 1.09. The Morgan fingerprint density at radius 1 is 0.440 bits per heavy atom. The van der Waals surface area contributed by atoms with Gasteiger partial charge in [0.15, 0.2) is 0 Å². The molecule has 0 amide bonds. The molecule has 0 bridgehead atoms. The van der Waals surface area contributed by atoms with E-state index in [-0.39, 0.29) is 0 Å². The maximum Gasteiger partial charge on any atom is 0.143 e. The molecule has 50 heavy (non-hydrogen) atoms. The van der Waals surface area contributed by atoms with Crippen LogP contribution in [0.25, 0.3) is 86.2 Å². The van der Waals surface area contributed by atoms with Crippen LogP contribution >= 0.6 is 11.3 Å². The van der Waals surface area contributed by atoms with Gasteiger partial charge in [0.1, 0.15) is 27.3 Å². The van der Waals surface area contributed by atoms with Crippen LogP contribution in [0.15, 0.2) is 167 Å². The molecule has 0 saturated carbocycles. The molecule has 0 spiro atoms. The molecular weight excluding hydrogens is 633 g/mol. The highest BCUT2D eigenvalue weighted by molar-refractivity contribution is 7.21. The van der Waals surface area contributed by atoms with Crippen LogP contribution in [0.2, 0.25) is 0 Å². The first-order valence-electron chi connectivity index (χ1n) is 16.7. The summed E-state index contributed by atoms with van der Waals surface area (Å²) in [6.45, 7) is 0. The highest BCUT2D eigenvalue weighted by Crippen LogP contribution is 2.43. The largest absolute Gasteiger partial charge is 0.455 e. The molecule has 3 aromatic heterocycles.